The minimum atomic E-state index is 0.866. The van der Waals surface area contributed by atoms with E-state index < -0.39 is 0 Å². The Labute approximate surface area is 174 Å². The van der Waals surface area contributed by atoms with Crippen LogP contribution in [0.5, 0.6) is 5.75 Å². The number of piperazine rings is 1. The van der Waals surface area contributed by atoms with Crippen molar-refractivity contribution in [1.29, 1.82) is 0 Å². The van der Waals surface area contributed by atoms with Gasteiger partial charge in [-0.15, -0.1) is 0 Å². The van der Waals surface area contributed by atoms with Gasteiger partial charge in [0, 0.05) is 57.9 Å². The molecule has 1 N–H and O–H groups in total. The van der Waals surface area contributed by atoms with Crippen molar-refractivity contribution in [2.24, 2.45) is 0 Å². The molecule has 2 fully saturated rings. The van der Waals surface area contributed by atoms with E-state index in [1.807, 2.05) is 0 Å². The number of morpholine rings is 1. The van der Waals surface area contributed by atoms with Gasteiger partial charge in [-0.2, -0.15) is 0 Å². The second-order valence-electron chi connectivity index (χ2n) is 7.62. The molecule has 0 saturated carbocycles. The summed E-state index contributed by atoms with van der Waals surface area (Å²) in [6, 6.07) is 6.40. The van der Waals surface area contributed by atoms with E-state index >= 15 is 0 Å². The number of aryl methyl sites for hydroxylation is 1. The van der Waals surface area contributed by atoms with Crippen molar-refractivity contribution in [1.82, 2.24) is 20.0 Å². The molecule has 0 radical (unpaired) electrons. The fourth-order valence-electron chi connectivity index (χ4n) is 3.82. The molecule has 0 unspecified atom stereocenters. The highest BCUT2D eigenvalue weighted by Gasteiger charge is 2.20. The summed E-state index contributed by atoms with van der Waals surface area (Å²) in [5.41, 5.74) is 2.54. The van der Waals surface area contributed by atoms with Crippen LogP contribution in [0.3, 0.4) is 0 Å². The summed E-state index contributed by atoms with van der Waals surface area (Å²) in [5, 5.41) is 4.34. The molecule has 0 amide bonds. The molecule has 1 aromatic carbocycles. The summed E-state index contributed by atoms with van der Waals surface area (Å²) < 4.78 is 10.9. The van der Waals surface area contributed by atoms with Crippen LogP contribution in [0.4, 0.5) is 0 Å². The monoisotopic (exact) mass is 406 g/mol. The van der Waals surface area contributed by atoms with Crippen molar-refractivity contribution in [3.05, 3.63) is 29.3 Å². The molecule has 2 aliphatic heterocycles. The number of benzene rings is 1. The topological polar surface area (TPSA) is 40.2 Å². The molecule has 2 heterocycles. The van der Waals surface area contributed by atoms with Gasteiger partial charge in [0.1, 0.15) is 5.75 Å². The maximum Gasteiger partial charge on any atom is 0.169 e. The molecule has 0 spiro atoms. The van der Waals surface area contributed by atoms with Crippen molar-refractivity contribution in [3.63, 3.8) is 0 Å². The Bertz CT molecular complexity index is 629. The van der Waals surface area contributed by atoms with Gasteiger partial charge in [0.25, 0.3) is 0 Å². The normalized spacial score (nSPS) is 18.9. The SMILES string of the molecule is COc1ccc(C)cc1CN1CCN(C(=S)NCCCN2CCOCC2)CC1. The van der Waals surface area contributed by atoms with Gasteiger partial charge in [-0.25, -0.2) is 0 Å². The molecule has 2 saturated heterocycles. The van der Waals surface area contributed by atoms with Gasteiger partial charge in [-0.05, 0) is 38.2 Å². The number of nitrogens with one attached hydrogen (secondary N) is 1. The molecule has 0 bridgehead atoms. The zero-order valence-electron chi connectivity index (χ0n) is 17.3. The molecular weight excluding hydrogens is 372 g/mol. The van der Waals surface area contributed by atoms with Gasteiger partial charge in [0.05, 0.1) is 20.3 Å². The van der Waals surface area contributed by atoms with Gasteiger partial charge in [0.15, 0.2) is 5.11 Å². The Morgan fingerprint density at radius 2 is 1.86 bits per heavy atom. The Morgan fingerprint density at radius 3 is 2.57 bits per heavy atom. The maximum absolute atomic E-state index is 5.61. The predicted octanol–water partition coefficient (Wildman–Crippen LogP) is 1.72. The van der Waals surface area contributed by atoms with Crippen LogP contribution >= 0.6 is 12.2 Å². The first-order chi connectivity index (χ1) is 13.7. The standard InChI is InChI=1S/C21H34N4O2S/c1-18-4-5-20(26-2)19(16-18)17-24-8-10-25(11-9-24)21(28)22-6-3-7-23-12-14-27-15-13-23/h4-5,16H,3,6-15,17H2,1-2H3,(H,22,28). The lowest BCUT2D eigenvalue weighted by Gasteiger charge is -2.36. The number of ether oxygens (including phenoxy) is 2. The molecule has 156 valence electrons. The highest BCUT2D eigenvalue weighted by molar-refractivity contribution is 7.80. The zero-order valence-corrected chi connectivity index (χ0v) is 18.1. The number of hydrogen-bond donors (Lipinski definition) is 1. The maximum atomic E-state index is 5.61. The smallest absolute Gasteiger partial charge is 0.169 e. The van der Waals surface area contributed by atoms with Crippen molar-refractivity contribution in [2.45, 2.75) is 19.9 Å². The van der Waals surface area contributed by atoms with Crippen molar-refractivity contribution >= 4 is 17.3 Å². The van der Waals surface area contributed by atoms with Crippen molar-refractivity contribution < 1.29 is 9.47 Å². The highest BCUT2D eigenvalue weighted by Crippen LogP contribution is 2.22. The van der Waals surface area contributed by atoms with Crippen LogP contribution in [0.15, 0.2) is 18.2 Å². The largest absolute Gasteiger partial charge is 0.496 e. The third-order valence-electron chi connectivity index (χ3n) is 5.52. The van der Waals surface area contributed by atoms with Crippen LogP contribution in [0.2, 0.25) is 0 Å². The first kappa shape index (κ1) is 21.3. The fourth-order valence-corrected chi connectivity index (χ4v) is 4.10. The molecular formula is C21H34N4O2S. The summed E-state index contributed by atoms with van der Waals surface area (Å²) >= 11 is 5.61. The molecule has 2 aliphatic rings. The summed E-state index contributed by atoms with van der Waals surface area (Å²) in [7, 11) is 1.75. The van der Waals surface area contributed by atoms with E-state index in [-0.39, 0.29) is 0 Å². The lowest BCUT2D eigenvalue weighted by molar-refractivity contribution is 0.0375. The second-order valence-corrected chi connectivity index (χ2v) is 8.00. The number of rotatable bonds is 7. The summed E-state index contributed by atoms with van der Waals surface area (Å²) in [5.74, 6) is 0.977. The Balaban J connectivity index is 1.35. The van der Waals surface area contributed by atoms with Gasteiger partial charge in [-0.3, -0.25) is 9.80 Å². The Kier molecular flexibility index (Phi) is 8.33. The highest BCUT2D eigenvalue weighted by atomic mass is 32.1. The minimum absolute atomic E-state index is 0.866. The van der Waals surface area contributed by atoms with E-state index in [4.69, 9.17) is 21.7 Å². The summed E-state index contributed by atoms with van der Waals surface area (Å²) in [6.07, 6.45) is 1.12. The molecule has 28 heavy (non-hydrogen) atoms. The van der Waals surface area contributed by atoms with Crippen LogP contribution in [-0.4, -0.2) is 92.5 Å². The number of thiocarbonyl (C=S) groups is 1. The van der Waals surface area contributed by atoms with Gasteiger partial charge in [-0.1, -0.05) is 17.7 Å². The van der Waals surface area contributed by atoms with Gasteiger partial charge < -0.3 is 19.7 Å². The van der Waals surface area contributed by atoms with E-state index in [1.165, 1.54) is 11.1 Å². The van der Waals surface area contributed by atoms with Crippen molar-refractivity contribution in [2.75, 3.05) is 72.7 Å². The third kappa shape index (κ3) is 6.30. The Hall–Kier alpha value is -1.41. The molecule has 7 heteroatoms. The van der Waals surface area contributed by atoms with E-state index in [9.17, 15) is 0 Å². The summed E-state index contributed by atoms with van der Waals surface area (Å²) in [4.78, 5) is 7.25. The third-order valence-corrected chi connectivity index (χ3v) is 5.92. The van der Waals surface area contributed by atoms with Gasteiger partial charge >= 0.3 is 0 Å². The van der Waals surface area contributed by atoms with Crippen LogP contribution in [0, 0.1) is 6.92 Å². The first-order valence-corrected chi connectivity index (χ1v) is 10.8. The fraction of sp³-hybridized carbons (Fsp3) is 0.667. The van der Waals surface area contributed by atoms with E-state index in [2.05, 4.69) is 45.1 Å². The van der Waals surface area contributed by atoms with E-state index in [0.29, 0.717) is 0 Å². The van der Waals surface area contributed by atoms with Gasteiger partial charge in [0.2, 0.25) is 0 Å². The molecule has 0 aliphatic carbocycles. The average Bonchev–Trinajstić information content (AvgIpc) is 2.72. The van der Waals surface area contributed by atoms with Crippen molar-refractivity contribution in [3.8, 4) is 5.75 Å². The molecule has 1 aromatic rings. The lowest BCUT2D eigenvalue weighted by Crippen LogP contribution is -2.51. The quantitative estimate of drug-likeness (QED) is 0.546. The van der Waals surface area contributed by atoms with Crippen LogP contribution < -0.4 is 10.1 Å². The number of nitrogens with zero attached hydrogens (tertiary/aromatic N) is 3. The number of hydrogen-bond acceptors (Lipinski definition) is 5. The van der Waals surface area contributed by atoms with E-state index in [1.54, 1.807) is 7.11 Å². The van der Waals surface area contributed by atoms with Crippen LogP contribution in [0.1, 0.15) is 17.5 Å². The average molecular weight is 407 g/mol. The zero-order chi connectivity index (χ0) is 19.8. The molecule has 0 atom stereocenters. The van der Waals surface area contributed by atoms with Crippen LogP contribution in [-0.2, 0) is 11.3 Å². The Morgan fingerprint density at radius 1 is 1.11 bits per heavy atom. The molecule has 0 aromatic heterocycles. The predicted molar refractivity (Wildman–Crippen MR) is 117 cm³/mol. The molecule has 3 rings (SSSR count). The first-order valence-electron chi connectivity index (χ1n) is 10.3. The number of methoxy groups -OCH3 is 1. The van der Waals surface area contributed by atoms with Crippen LogP contribution in [0.25, 0.3) is 0 Å². The minimum Gasteiger partial charge on any atom is -0.496 e. The summed E-state index contributed by atoms with van der Waals surface area (Å²) in [6.45, 7) is 12.9. The lowest BCUT2D eigenvalue weighted by atomic mass is 10.1. The molecule has 6 nitrogen and oxygen atoms in total. The van der Waals surface area contributed by atoms with E-state index in [0.717, 1.165) is 89.4 Å². The second kappa shape index (κ2) is 11.0.